The Bertz CT molecular complexity index is 930. The molecule has 27 heavy (non-hydrogen) atoms. The Morgan fingerprint density at radius 1 is 1.26 bits per heavy atom. The molecule has 3 aromatic rings. The number of anilines is 1. The fourth-order valence-electron chi connectivity index (χ4n) is 2.94. The zero-order valence-electron chi connectivity index (χ0n) is 16.0. The lowest BCUT2D eigenvalue weighted by Gasteiger charge is -2.07. The Morgan fingerprint density at radius 3 is 2.70 bits per heavy atom. The van der Waals surface area contributed by atoms with Crippen molar-refractivity contribution in [2.24, 2.45) is 7.05 Å². The largest absolute Gasteiger partial charge is 0.321 e. The molecule has 8 heteroatoms. The molecular weight excluding hydrogens is 364 g/mol. The molecule has 0 saturated carbocycles. The third kappa shape index (κ3) is 4.56. The molecule has 2 aromatic heterocycles. The highest BCUT2D eigenvalue weighted by molar-refractivity contribution is 6.03. The Hall–Kier alpha value is -2.64. The van der Waals surface area contributed by atoms with Crippen LogP contribution < -0.4 is 10.6 Å². The maximum atomic E-state index is 12.5. The second kappa shape index (κ2) is 8.83. The number of amides is 1. The van der Waals surface area contributed by atoms with E-state index in [0.717, 1.165) is 47.0 Å². The van der Waals surface area contributed by atoms with Gasteiger partial charge in [0.15, 0.2) is 0 Å². The first-order chi connectivity index (χ1) is 12.5. The van der Waals surface area contributed by atoms with Gasteiger partial charge in [0.25, 0.3) is 5.91 Å². The Balaban J connectivity index is 0.00000261. The van der Waals surface area contributed by atoms with Gasteiger partial charge in [-0.2, -0.15) is 10.2 Å². The number of aryl methyl sites for hydroxylation is 2. The van der Waals surface area contributed by atoms with E-state index >= 15 is 0 Å². The van der Waals surface area contributed by atoms with Crippen molar-refractivity contribution >= 4 is 24.0 Å². The first kappa shape index (κ1) is 20.7. The van der Waals surface area contributed by atoms with Crippen molar-refractivity contribution in [3.63, 3.8) is 0 Å². The van der Waals surface area contributed by atoms with Crippen LogP contribution in [-0.2, 0) is 13.6 Å². The predicted molar refractivity (Wildman–Crippen MR) is 109 cm³/mol. The van der Waals surface area contributed by atoms with E-state index < -0.39 is 0 Å². The highest BCUT2D eigenvalue weighted by Crippen LogP contribution is 2.25. The number of nitrogens with one attached hydrogen (secondary N) is 3. The van der Waals surface area contributed by atoms with Gasteiger partial charge in [0.1, 0.15) is 5.69 Å². The van der Waals surface area contributed by atoms with Crippen LogP contribution in [0.25, 0.3) is 11.3 Å². The summed E-state index contributed by atoms with van der Waals surface area (Å²) in [5, 5.41) is 17.7. The molecule has 0 bridgehead atoms. The second-order valence-electron chi connectivity index (χ2n) is 6.27. The third-order valence-corrected chi connectivity index (χ3v) is 4.35. The molecule has 1 aromatic carbocycles. The first-order valence-electron chi connectivity index (χ1n) is 8.66. The Kier molecular flexibility index (Phi) is 6.76. The van der Waals surface area contributed by atoms with Gasteiger partial charge in [-0.25, -0.2) is 0 Å². The van der Waals surface area contributed by atoms with Crippen molar-refractivity contribution in [3.8, 4) is 11.3 Å². The van der Waals surface area contributed by atoms with Gasteiger partial charge in [0.2, 0.25) is 0 Å². The van der Waals surface area contributed by atoms with Gasteiger partial charge in [-0.15, -0.1) is 12.4 Å². The van der Waals surface area contributed by atoms with E-state index in [0.29, 0.717) is 5.69 Å². The van der Waals surface area contributed by atoms with Crippen LogP contribution in [0.4, 0.5) is 5.69 Å². The lowest BCUT2D eigenvalue weighted by atomic mass is 10.1. The summed E-state index contributed by atoms with van der Waals surface area (Å²) in [6.07, 6.45) is 0. The fraction of sp³-hybridized carbons (Fsp3) is 0.316. The average molecular weight is 389 g/mol. The van der Waals surface area contributed by atoms with Crippen LogP contribution in [0.3, 0.4) is 0 Å². The minimum atomic E-state index is -0.219. The summed E-state index contributed by atoms with van der Waals surface area (Å²) in [5.74, 6) is -0.219. The number of carbonyl (C=O) groups excluding carboxylic acids is 1. The van der Waals surface area contributed by atoms with Gasteiger partial charge in [0, 0.05) is 30.5 Å². The van der Waals surface area contributed by atoms with E-state index in [4.69, 9.17) is 0 Å². The maximum absolute atomic E-state index is 12.5. The van der Waals surface area contributed by atoms with Crippen molar-refractivity contribution in [2.45, 2.75) is 27.3 Å². The molecule has 0 saturated heterocycles. The molecule has 0 aliphatic carbocycles. The molecule has 1 amide bonds. The summed E-state index contributed by atoms with van der Waals surface area (Å²) < 4.78 is 1.81. The summed E-state index contributed by atoms with van der Waals surface area (Å²) in [6, 6.07) is 9.56. The lowest BCUT2D eigenvalue weighted by molar-refractivity contribution is 0.102. The van der Waals surface area contributed by atoms with Gasteiger partial charge in [-0.05, 0) is 44.2 Å². The van der Waals surface area contributed by atoms with Gasteiger partial charge >= 0.3 is 0 Å². The van der Waals surface area contributed by atoms with E-state index in [1.165, 1.54) is 0 Å². The number of hydrogen-bond acceptors (Lipinski definition) is 4. The number of carbonyl (C=O) groups is 1. The van der Waals surface area contributed by atoms with E-state index in [1.54, 1.807) is 6.07 Å². The molecule has 0 fully saturated rings. The van der Waals surface area contributed by atoms with Crippen molar-refractivity contribution in [2.75, 3.05) is 11.9 Å². The molecule has 3 rings (SSSR count). The molecule has 3 N–H and O–H groups in total. The highest BCUT2D eigenvalue weighted by Gasteiger charge is 2.17. The van der Waals surface area contributed by atoms with Gasteiger partial charge < -0.3 is 10.6 Å². The van der Waals surface area contributed by atoms with Crippen LogP contribution in [0.2, 0.25) is 0 Å². The lowest BCUT2D eigenvalue weighted by Crippen LogP contribution is -2.14. The maximum Gasteiger partial charge on any atom is 0.273 e. The van der Waals surface area contributed by atoms with Gasteiger partial charge in [-0.3, -0.25) is 14.6 Å². The fourth-order valence-corrected chi connectivity index (χ4v) is 2.94. The summed E-state index contributed by atoms with van der Waals surface area (Å²) in [4.78, 5) is 12.5. The number of rotatable bonds is 6. The molecule has 0 atom stereocenters. The van der Waals surface area contributed by atoms with Crippen LogP contribution in [0, 0.1) is 13.8 Å². The second-order valence-corrected chi connectivity index (χ2v) is 6.27. The zero-order chi connectivity index (χ0) is 18.7. The molecule has 144 valence electrons. The molecule has 0 spiro atoms. The van der Waals surface area contributed by atoms with E-state index in [2.05, 4.69) is 32.9 Å². The first-order valence-corrected chi connectivity index (χ1v) is 8.66. The molecule has 7 nitrogen and oxygen atoms in total. The van der Waals surface area contributed by atoms with Crippen LogP contribution in [0.5, 0.6) is 0 Å². The summed E-state index contributed by atoms with van der Waals surface area (Å²) in [7, 11) is 1.90. The van der Waals surface area contributed by atoms with Gasteiger partial charge in [-0.1, -0.05) is 19.1 Å². The topological polar surface area (TPSA) is 87.6 Å². The SMILES string of the molecule is CCNCc1cccc(NC(=O)c2cc(-c3c(C)nn(C)c3C)n[nH]2)c1.Cl. The molecule has 0 aliphatic rings. The van der Waals surface area contributed by atoms with Crippen molar-refractivity contribution in [1.82, 2.24) is 25.3 Å². The number of benzene rings is 1. The molecule has 0 unspecified atom stereocenters. The monoisotopic (exact) mass is 388 g/mol. The van der Waals surface area contributed by atoms with E-state index in [1.807, 2.05) is 49.8 Å². The predicted octanol–water partition coefficient (Wildman–Crippen LogP) is 3.21. The number of aromatic amines is 1. The minimum Gasteiger partial charge on any atom is -0.321 e. The van der Waals surface area contributed by atoms with Crippen LogP contribution in [0.1, 0.15) is 34.4 Å². The van der Waals surface area contributed by atoms with E-state index in [-0.39, 0.29) is 18.3 Å². The molecular formula is C19H25ClN6O. The number of nitrogens with zero attached hydrogens (tertiary/aromatic N) is 3. The van der Waals surface area contributed by atoms with Crippen molar-refractivity contribution < 1.29 is 4.79 Å². The minimum absolute atomic E-state index is 0. The van der Waals surface area contributed by atoms with Crippen LogP contribution in [0.15, 0.2) is 30.3 Å². The van der Waals surface area contributed by atoms with E-state index in [9.17, 15) is 4.79 Å². The van der Waals surface area contributed by atoms with Gasteiger partial charge in [0.05, 0.1) is 11.4 Å². The van der Waals surface area contributed by atoms with Crippen LogP contribution in [-0.4, -0.2) is 32.4 Å². The number of halogens is 1. The number of hydrogen-bond donors (Lipinski definition) is 3. The standard InChI is InChI=1S/C19H24N6O.ClH/c1-5-20-11-14-7-6-8-15(9-14)21-19(26)17-10-16(22-23-17)18-12(2)24-25(4)13(18)3;/h6-10,20H,5,11H2,1-4H3,(H,21,26)(H,22,23);1H. The summed E-state index contributed by atoms with van der Waals surface area (Å²) in [6.45, 7) is 7.66. The summed E-state index contributed by atoms with van der Waals surface area (Å²) in [5.41, 5.74) is 5.87. The normalized spacial score (nSPS) is 10.5. The smallest absolute Gasteiger partial charge is 0.273 e. The highest BCUT2D eigenvalue weighted by atomic mass is 35.5. The molecule has 0 aliphatic heterocycles. The van der Waals surface area contributed by atoms with Crippen LogP contribution >= 0.6 is 12.4 Å². The molecule has 2 heterocycles. The third-order valence-electron chi connectivity index (χ3n) is 4.35. The molecule has 0 radical (unpaired) electrons. The quantitative estimate of drug-likeness (QED) is 0.605. The number of aromatic nitrogens is 4. The van der Waals surface area contributed by atoms with Crippen molar-refractivity contribution in [3.05, 3.63) is 53.0 Å². The van der Waals surface area contributed by atoms with Crippen molar-refractivity contribution in [1.29, 1.82) is 0 Å². The Morgan fingerprint density at radius 2 is 2.04 bits per heavy atom. The zero-order valence-corrected chi connectivity index (χ0v) is 16.8. The number of H-pyrrole nitrogens is 1. The Labute approximate surface area is 165 Å². The summed E-state index contributed by atoms with van der Waals surface area (Å²) >= 11 is 0. The average Bonchev–Trinajstić information content (AvgIpc) is 3.18.